The Morgan fingerprint density at radius 2 is 2.09 bits per heavy atom. The molecule has 0 amide bonds. The zero-order valence-corrected chi connectivity index (χ0v) is 7.91. The first-order chi connectivity index (χ1) is 4.89. The van der Waals surface area contributed by atoms with Crippen LogP contribution in [-0.4, -0.2) is 15.4 Å². The molecule has 0 fully saturated rings. The summed E-state index contributed by atoms with van der Waals surface area (Å²) in [6, 6.07) is 0. The maximum atomic E-state index is 10.3. The Morgan fingerprint density at radius 3 is 2.36 bits per heavy atom. The molecule has 0 spiro atoms. The second-order valence-corrected chi connectivity index (χ2v) is 3.79. The molecule has 0 aromatic carbocycles. The third-order valence-electron chi connectivity index (χ3n) is 1.24. The molecule has 0 saturated carbocycles. The Hall–Kier alpha value is -0.210. The molecule has 0 aliphatic heterocycles. The van der Waals surface area contributed by atoms with Crippen LogP contribution in [0.3, 0.4) is 0 Å². The first-order valence-electron chi connectivity index (χ1n) is 3.19. The molecule has 0 unspecified atom stereocenters. The van der Waals surface area contributed by atoms with Crippen molar-refractivity contribution in [2.24, 2.45) is 0 Å². The minimum atomic E-state index is -1.05. The number of halogens is 2. The molecular weight excluding hydrogens is 187 g/mol. The number of carbonyl (C=O) groups is 1. The number of hydrogen-bond acceptors (Lipinski definition) is 1. The lowest BCUT2D eigenvalue weighted by Crippen LogP contribution is -2.09. The minimum Gasteiger partial charge on any atom is -0.478 e. The lowest BCUT2D eigenvalue weighted by Gasteiger charge is -2.11. The van der Waals surface area contributed by atoms with Gasteiger partial charge in [-0.25, -0.2) is 4.79 Å². The van der Waals surface area contributed by atoms with Crippen molar-refractivity contribution in [3.05, 3.63) is 11.6 Å². The van der Waals surface area contributed by atoms with E-state index in [1.165, 1.54) is 13.0 Å². The Labute approximate surface area is 75.8 Å². The lowest BCUT2D eigenvalue weighted by atomic mass is 10.2. The maximum absolute atomic E-state index is 10.3. The summed E-state index contributed by atoms with van der Waals surface area (Å²) < 4.78 is -1.05. The van der Waals surface area contributed by atoms with E-state index in [0.717, 1.165) is 0 Å². The zero-order valence-electron chi connectivity index (χ0n) is 6.40. The minimum absolute atomic E-state index is 0.164. The van der Waals surface area contributed by atoms with E-state index in [0.29, 0.717) is 6.42 Å². The highest BCUT2D eigenvalue weighted by atomic mass is 35.5. The first-order valence-corrected chi connectivity index (χ1v) is 3.95. The maximum Gasteiger partial charge on any atom is 0.331 e. The van der Waals surface area contributed by atoms with Crippen LogP contribution in [0.25, 0.3) is 0 Å². The third kappa shape index (κ3) is 4.27. The van der Waals surface area contributed by atoms with Crippen LogP contribution in [0, 0.1) is 0 Å². The average molecular weight is 197 g/mol. The monoisotopic (exact) mass is 196 g/mol. The summed E-state index contributed by atoms with van der Waals surface area (Å²) in [7, 11) is 0. The molecule has 0 saturated heterocycles. The average Bonchev–Trinajstić information content (AvgIpc) is 1.87. The van der Waals surface area contributed by atoms with Crippen LogP contribution in [0.15, 0.2) is 11.6 Å². The van der Waals surface area contributed by atoms with Crippen LogP contribution in [-0.2, 0) is 4.79 Å². The topological polar surface area (TPSA) is 37.3 Å². The standard InChI is InChI=1S/C7H10Cl2O2/c1-3-7(8,9)4-5(2)6(10)11/h4H,3H2,1-2H3,(H,10,11)/b5-4+. The number of hydrogen-bond donors (Lipinski definition) is 1. The third-order valence-corrected chi connectivity index (χ3v) is 1.99. The summed E-state index contributed by atoms with van der Waals surface area (Å²) in [6.45, 7) is 3.24. The SMILES string of the molecule is CCC(Cl)(Cl)/C=C(\C)C(=O)O. The molecule has 0 atom stereocenters. The van der Waals surface area contributed by atoms with Crippen molar-refractivity contribution < 1.29 is 9.90 Å². The Balaban J connectivity index is 4.41. The van der Waals surface area contributed by atoms with Gasteiger partial charge in [-0.3, -0.25) is 0 Å². The quantitative estimate of drug-likeness (QED) is 0.557. The number of aliphatic carboxylic acids is 1. The highest BCUT2D eigenvalue weighted by Crippen LogP contribution is 2.27. The van der Waals surface area contributed by atoms with Crippen LogP contribution in [0.5, 0.6) is 0 Å². The van der Waals surface area contributed by atoms with E-state index in [4.69, 9.17) is 28.3 Å². The van der Waals surface area contributed by atoms with Crippen LogP contribution in [0.2, 0.25) is 0 Å². The summed E-state index contributed by atoms with van der Waals surface area (Å²) in [5, 5.41) is 8.46. The number of allylic oxidation sites excluding steroid dienone is 1. The van der Waals surface area contributed by atoms with E-state index < -0.39 is 10.3 Å². The fourth-order valence-electron chi connectivity index (χ4n) is 0.481. The van der Waals surface area contributed by atoms with Crippen molar-refractivity contribution in [2.75, 3.05) is 0 Å². The van der Waals surface area contributed by atoms with E-state index in [2.05, 4.69) is 0 Å². The molecule has 1 N–H and O–H groups in total. The van der Waals surface area contributed by atoms with Gasteiger partial charge in [-0.05, 0) is 19.4 Å². The Kier molecular flexibility index (Phi) is 3.90. The molecule has 0 aromatic heterocycles. The predicted molar refractivity (Wildman–Crippen MR) is 46.1 cm³/mol. The predicted octanol–water partition coefficient (Wildman–Crippen LogP) is 2.60. The van der Waals surface area contributed by atoms with E-state index in [9.17, 15) is 4.79 Å². The molecule has 64 valence electrons. The zero-order chi connectivity index (χ0) is 9.07. The molecule has 0 bridgehead atoms. The van der Waals surface area contributed by atoms with Gasteiger partial charge in [0.25, 0.3) is 0 Å². The van der Waals surface area contributed by atoms with Gasteiger partial charge in [0.1, 0.15) is 4.33 Å². The van der Waals surface area contributed by atoms with Gasteiger partial charge >= 0.3 is 5.97 Å². The molecule has 0 aliphatic rings. The van der Waals surface area contributed by atoms with Gasteiger partial charge in [0.2, 0.25) is 0 Å². The van der Waals surface area contributed by atoms with Crippen LogP contribution in [0.1, 0.15) is 20.3 Å². The fraction of sp³-hybridized carbons (Fsp3) is 0.571. The van der Waals surface area contributed by atoms with E-state index >= 15 is 0 Å². The number of carboxylic acid groups (broad SMARTS) is 1. The van der Waals surface area contributed by atoms with Gasteiger partial charge in [-0.2, -0.15) is 0 Å². The van der Waals surface area contributed by atoms with Crippen molar-refractivity contribution in [1.29, 1.82) is 0 Å². The molecule has 0 heterocycles. The van der Waals surface area contributed by atoms with Gasteiger partial charge in [0.05, 0.1) is 0 Å². The molecule has 11 heavy (non-hydrogen) atoms. The molecule has 0 aromatic rings. The highest BCUT2D eigenvalue weighted by molar-refractivity contribution is 6.49. The molecule has 4 heteroatoms. The molecular formula is C7H10Cl2O2. The highest BCUT2D eigenvalue weighted by Gasteiger charge is 2.19. The van der Waals surface area contributed by atoms with Gasteiger partial charge in [-0.1, -0.05) is 30.1 Å². The molecule has 0 radical (unpaired) electrons. The summed E-state index contributed by atoms with van der Waals surface area (Å²) in [6.07, 6.45) is 1.82. The fourth-order valence-corrected chi connectivity index (χ4v) is 0.808. The number of carboxylic acids is 1. The largest absolute Gasteiger partial charge is 0.478 e. The summed E-state index contributed by atoms with van der Waals surface area (Å²) in [5.41, 5.74) is 0.164. The van der Waals surface area contributed by atoms with E-state index in [-0.39, 0.29) is 5.57 Å². The van der Waals surface area contributed by atoms with Gasteiger partial charge in [0, 0.05) is 5.57 Å². The van der Waals surface area contributed by atoms with Crippen molar-refractivity contribution in [1.82, 2.24) is 0 Å². The summed E-state index contributed by atoms with van der Waals surface area (Å²) in [5.74, 6) is -0.996. The number of rotatable bonds is 3. The first kappa shape index (κ1) is 10.8. The van der Waals surface area contributed by atoms with Gasteiger partial charge < -0.3 is 5.11 Å². The molecule has 2 nitrogen and oxygen atoms in total. The van der Waals surface area contributed by atoms with Crippen molar-refractivity contribution in [3.8, 4) is 0 Å². The smallest absolute Gasteiger partial charge is 0.331 e. The van der Waals surface area contributed by atoms with Crippen LogP contribution >= 0.6 is 23.2 Å². The second kappa shape index (κ2) is 3.98. The van der Waals surface area contributed by atoms with Gasteiger partial charge in [-0.15, -0.1) is 0 Å². The summed E-state index contributed by atoms with van der Waals surface area (Å²) >= 11 is 11.4. The Morgan fingerprint density at radius 1 is 1.64 bits per heavy atom. The van der Waals surface area contributed by atoms with Crippen molar-refractivity contribution in [2.45, 2.75) is 24.6 Å². The van der Waals surface area contributed by atoms with Crippen molar-refractivity contribution in [3.63, 3.8) is 0 Å². The molecule has 0 rings (SSSR count). The van der Waals surface area contributed by atoms with Gasteiger partial charge in [0.15, 0.2) is 0 Å². The summed E-state index contributed by atoms with van der Waals surface area (Å²) in [4.78, 5) is 10.3. The number of alkyl halides is 2. The van der Waals surface area contributed by atoms with E-state index in [1.54, 1.807) is 6.92 Å². The second-order valence-electron chi connectivity index (χ2n) is 2.25. The normalized spacial score (nSPS) is 13.3. The Bertz CT molecular complexity index is 185. The van der Waals surface area contributed by atoms with Crippen LogP contribution in [0.4, 0.5) is 0 Å². The lowest BCUT2D eigenvalue weighted by molar-refractivity contribution is -0.132. The van der Waals surface area contributed by atoms with Crippen molar-refractivity contribution >= 4 is 29.2 Å². The van der Waals surface area contributed by atoms with Crippen LogP contribution < -0.4 is 0 Å². The van der Waals surface area contributed by atoms with E-state index in [1.807, 2.05) is 0 Å². The molecule has 0 aliphatic carbocycles.